The van der Waals surface area contributed by atoms with E-state index < -0.39 is 0 Å². The highest BCUT2D eigenvalue weighted by atomic mass is 14.5. The van der Waals surface area contributed by atoms with Gasteiger partial charge in [-0.3, -0.25) is 0 Å². The van der Waals surface area contributed by atoms with Gasteiger partial charge in [0.15, 0.2) is 0 Å². The first-order chi connectivity index (χ1) is 8.24. The van der Waals surface area contributed by atoms with Gasteiger partial charge in [-0.2, -0.15) is 0 Å². The standard InChI is InChI=1S/C16H25N/c1-3-15-11-8-9-13-16(15)12-7-5-4-6-10-14(2)17/h8-9,11,13H,2-7,10,12,17H2,1H3. The van der Waals surface area contributed by atoms with E-state index >= 15 is 0 Å². The maximum Gasteiger partial charge on any atom is 0.000744 e. The molecule has 0 aliphatic rings. The maximum absolute atomic E-state index is 5.54. The Morgan fingerprint density at radius 1 is 1.06 bits per heavy atom. The van der Waals surface area contributed by atoms with Gasteiger partial charge < -0.3 is 5.73 Å². The monoisotopic (exact) mass is 231 g/mol. The molecule has 1 nitrogen and oxygen atoms in total. The van der Waals surface area contributed by atoms with Gasteiger partial charge in [-0.15, -0.1) is 0 Å². The molecule has 0 atom stereocenters. The Labute approximate surface area is 106 Å². The SMILES string of the molecule is C=C(N)CCCCCCc1ccccc1CC. The van der Waals surface area contributed by atoms with Crippen LogP contribution in [0.4, 0.5) is 0 Å². The first-order valence-electron chi connectivity index (χ1n) is 6.74. The van der Waals surface area contributed by atoms with Crippen molar-refractivity contribution in [3.8, 4) is 0 Å². The Kier molecular flexibility index (Phi) is 6.46. The smallest absolute Gasteiger partial charge is 0.000744 e. The average molecular weight is 231 g/mol. The van der Waals surface area contributed by atoms with E-state index in [1.54, 1.807) is 0 Å². The van der Waals surface area contributed by atoms with Crippen LogP contribution in [0.1, 0.15) is 50.2 Å². The number of rotatable bonds is 8. The molecule has 0 bridgehead atoms. The van der Waals surface area contributed by atoms with E-state index in [0.717, 1.165) is 18.5 Å². The topological polar surface area (TPSA) is 26.0 Å². The predicted octanol–water partition coefficient (Wildman–Crippen LogP) is 4.21. The Hall–Kier alpha value is -1.24. The van der Waals surface area contributed by atoms with Gasteiger partial charge in [-0.1, -0.05) is 50.6 Å². The second-order valence-electron chi connectivity index (χ2n) is 4.69. The van der Waals surface area contributed by atoms with Crippen LogP contribution < -0.4 is 5.73 Å². The number of benzene rings is 1. The van der Waals surface area contributed by atoms with Gasteiger partial charge in [0.2, 0.25) is 0 Å². The van der Waals surface area contributed by atoms with Crippen molar-refractivity contribution in [2.75, 3.05) is 0 Å². The van der Waals surface area contributed by atoms with Crippen molar-refractivity contribution in [1.29, 1.82) is 0 Å². The van der Waals surface area contributed by atoms with Gasteiger partial charge in [-0.05, 0) is 43.2 Å². The molecule has 0 radical (unpaired) electrons. The second kappa shape index (κ2) is 7.94. The van der Waals surface area contributed by atoms with Gasteiger partial charge in [0.25, 0.3) is 0 Å². The highest BCUT2D eigenvalue weighted by molar-refractivity contribution is 5.26. The van der Waals surface area contributed by atoms with Crippen molar-refractivity contribution >= 4 is 0 Å². The minimum Gasteiger partial charge on any atom is -0.403 e. The largest absolute Gasteiger partial charge is 0.403 e. The summed E-state index contributed by atoms with van der Waals surface area (Å²) in [4.78, 5) is 0. The summed E-state index contributed by atoms with van der Waals surface area (Å²) in [5.74, 6) is 0. The summed E-state index contributed by atoms with van der Waals surface area (Å²) >= 11 is 0. The number of hydrogen-bond acceptors (Lipinski definition) is 1. The lowest BCUT2D eigenvalue weighted by Crippen LogP contribution is -1.95. The van der Waals surface area contributed by atoms with E-state index in [4.69, 9.17) is 5.73 Å². The minimum atomic E-state index is 0.821. The molecular weight excluding hydrogens is 206 g/mol. The van der Waals surface area contributed by atoms with E-state index in [2.05, 4.69) is 37.8 Å². The predicted molar refractivity (Wildman–Crippen MR) is 75.9 cm³/mol. The average Bonchev–Trinajstić information content (AvgIpc) is 2.33. The van der Waals surface area contributed by atoms with Crippen LogP contribution >= 0.6 is 0 Å². The fourth-order valence-electron chi connectivity index (χ4n) is 2.17. The van der Waals surface area contributed by atoms with Crippen LogP contribution in [0.5, 0.6) is 0 Å². The third-order valence-electron chi connectivity index (χ3n) is 3.19. The molecule has 0 heterocycles. The summed E-state index contributed by atoms with van der Waals surface area (Å²) in [6, 6.07) is 8.79. The summed E-state index contributed by atoms with van der Waals surface area (Å²) in [6.45, 7) is 5.95. The van der Waals surface area contributed by atoms with E-state index in [0.29, 0.717) is 0 Å². The molecule has 2 N–H and O–H groups in total. The van der Waals surface area contributed by atoms with E-state index in [-0.39, 0.29) is 0 Å². The van der Waals surface area contributed by atoms with Crippen molar-refractivity contribution < 1.29 is 0 Å². The van der Waals surface area contributed by atoms with Crippen LogP contribution in [0.3, 0.4) is 0 Å². The number of allylic oxidation sites excluding steroid dienone is 1. The second-order valence-corrected chi connectivity index (χ2v) is 4.69. The molecule has 0 aliphatic heterocycles. The highest BCUT2D eigenvalue weighted by Gasteiger charge is 1.99. The number of hydrogen-bond donors (Lipinski definition) is 1. The Morgan fingerprint density at radius 3 is 2.35 bits per heavy atom. The van der Waals surface area contributed by atoms with Crippen LogP contribution in [-0.4, -0.2) is 0 Å². The molecule has 17 heavy (non-hydrogen) atoms. The summed E-state index contributed by atoms with van der Waals surface area (Å²) in [5, 5.41) is 0. The fourth-order valence-corrected chi connectivity index (χ4v) is 2.17. The molecule has 0 unspecified atom stereocenters. The van der Waals surface area contributed by atoms with Crippen molar-refractivity contribution in [3.05, 3.63) is 47.7 Å². The normalized spacial score (nSPS) is 10.4. The van der Waals surface area contributed by atoms with Gasteiger partial charge >= 0.3 is 0 Å². The number of nitrogens with two attached hydrogens (primary N) is 1. The van der Waals surface area contributed by atoms with Gasteiger partial charge in [0, 0.05) is 5.70 Å². The lowest BCUT2D eigenvalue weighted by molar-refractivity contribution is 0.636. The summed E-state index contributed by atoms with van der Waals surface area (Å²) in [6.07, 6.45) is 8.37. The summed E-state index contributed by atoms with van der Waals surface area (Å²) < 4.78 is 0. The number of aryl methyl sites for hydroxylation is 2. The molecule has 1 heteroatoms. The van der Waals surface area contributed by atoms with Crippen molar-refractivity contribution in [2.45, 2.75) is 51.9 Å². The molecule has 0 saturated heterocycles. The quantitative estimate of drug-likeness (QED) is 0.666. The molecule has 1 aromatic carbocycles. The lowest BCUT2D eigenvalue weighted by atomic mass is 9.99. The minimum absolute atomic E-state index is 0.821. The third kappa shape index (κ3) is 5.58. The number of unbranched alkanes of at least 4 members (excludes halogenated alkanes) is 3. The maximum atomic E-state index is 5.54. The first-order valence-corrected chi connectivity index (χ1v) is 6.74. The van der Waals surface area contributed by atoms with Gasteiger partial charge in [0.1, 0.15) is 0 Å². The summed E-state index contributed by atoms with van der Waals surface area (Å²) in [7, 11) is 0. The molecule has 0 spiro atoms. The van der Waals surface area contributed by atoms with Gasteiger partial charge in [0.05, 0.1) is 0 Å². The Bertz CT molecular complexity index is 341. The first kappa shape index (κ1) is 13.8. The summed E-state index contributed by atoms with van der Waals surface area (Å²) in [5.41, 5.74) is 9.39. The van der Waals surface area contributed by atoms with Crippen molar-refractivity contribution in [3.63, 3.8) is 0 Å². The van der Waals surface area contributed by atoms with E-state index in [1.807, 2.05) is 0 Å². The third-order valence-corrected chi connectivity index (χ3v) is 3.19. The Balaban J connectivity index is 2.19. The van der Waals surface area contributed by atoms with E-state index in [1.165, 1.54) is 43.2 Å². The molecule has 0 saturated carbocycles. The van der Waals surface area contributed by atoms with Crippen molar-refractivity contribution in [2.24, 2.45) is 5.73 Å². The zero-order chi connectivity index (χ0) is 12.5. The molecule has 0 fully saturated rings. The zero-order valence-electron chi connectivity index (χ0n) is 11.0. The van der Waals surface area contributed by atoms with Gasteiger partial charge in [-0.25, -0.2) is 0 Å². The molecule has 0 amide bonds. The molecular formula is C16H25N. The van der Waals surface area contributed by atoms with Crippen LogP contribution in [0.25, 0.3) is 0 Å². The molecule has 1 rings (SSSR count). The molecule has 0 aromatic heterocycles. The molecule has 0 aliphatic carbocycles. The van der Waals surface area contributed by atoms with E-state index in [9.17, 15) is 0 Å². The highest BCUT2D eigenvalue weighted by Crippen LogP contribution is 2.14. The van der Waals surface area contributed by atoms with Crippen LogP contribution in [0, 0.1) is 0 Å². The lowest BCUT2D eigenvalue weighted by Gasteiger charge is -2.07. The van der Waals surface area contributed by atoms with Crippen molar-refractivity contribution in [1.82, 2.24) is 0 Å². The molecule has 94 valence electrons. The fraction of sp³-hybridized carbons (Fsp3) is 0.500. The zero-order valence-corrected chi connectivity index (χ0v) is 11.0. The molecule has 1 aromatic rings. The van der Waals surface area contributed by atoms with Crippen LogP contribution in [0.15, 0.2) is 36.5 Å². The van der Waals surface area contributed by atoms with Crippen LogP contribution in [0.2, 0.25) is 0 Å². The Morgan fingerprint density at radius 2 is 1.71 bits per heavy atom. The van der Waals surface area contributed by atoms with Crippen LogP contribution in [-0.2, 0) is 12.8 Å².